The first-order valence-electron chi connectivity index (χ1n) is 6.57. The Hall–Kier alpha value is -1.82. The van der Waals surface area contributed by atoms with Crippen LogP contribution in [0.3, 0.4) is 0 Å². The molecule has 2 aromatic carbocycles. The molecular weight excluding hydrogens is 216 g/mol. The first-order chi connectivity index (χ1) is 8.74. The van der Waals surface area contributed by atoms with E-state index in [4.69, 9.17) is 0 Å². The molecule has 0 heteroatoms. The molecule has 0 fully saturated rings. The summed E-state index contributed by atoms with van der Waals surface area (Å²) in [6.07, 6.45) is 4.23. The smallest absolute Gasteiger partial charge is 0.0181 e. The zero-order valence-corrected chi connectivity index (χ0v) is 11.2. The van der Waals surface area contributed by atoms with E-state index in [9.17, 15) is 0 Å². The second-order valence-electron chi connectivity index (χ2n) is 4.73. The second kappa shape index (κ2) is 5.68. The number of hydrogen-bond acceptors (Lipinski definition) is 0. The summed E-state index contributed by atoms with van der Waals surface area (Å²) in [5, 5.41) is 0. The summed E-state index contributed by atoms with van der Waals surface area (Å²) in [4.78, 5) is 0. The highest BCUT2D eigenvalue weighted by Crippen LogP contribution is 2.24. The van der Waals surface area contributed by atoms with Crippen LogP contribution in [-0.2, 0) is 6.42 Å². The maximum Gasteiger partial charge on any atom is -0.0181 e. The van der Waals surface area contributed by atoms with E-state index in [-0.39, 0.29) is 0 Å². The van der Waals surface area contributed by atoms with E-state index < -0.39 is 0 Å². The predicted molar refractivity (Wildman–Crippen MR) is 80.7 cm³/mol. The van der Waals surface area contributed by atoms with Crippen LogP contribution in [0, 0.1) is 6.92 Å². The fraction of sp³-hybridized carbons (Fsp3) is 0.222. The zero-order chi connectivity index (χ0) is 13.0. The van der Waals surface area contributed by atoms with Gasteiger partial charge in [0.2, 0.25) is 0 Å². The van der Waals surface area contributed by atoms with Crippen molar-refractivity contribution in [1.29, 1.82) is 0 Å². The van der Waals surface area contributed by atoms with Crippen molar-refractivity contribution in [2.24, 2.45) is 0 Å². The Balaban J connectivity index is 2.42. The molecule has 2 aromatic rings. The molecule has 2 rings (SSSR count). The monoisotopic (exact) mass is 236 g/mol. The molecule has 0 saturated carbocycles. The van der Waals surface area contributed by atoms with Gasteiger partial charge in [-0.05, 0) is 35.6 Å². The van der Waals surface area contributed by atoms with Gasteiger partial charge < -0.3 is 0 Å². The predicted octanol–water partition coefficient (Wildman–Crippen LogP) is 5.26. The summed E-state index contributed by atoms with van der Waals surface area (Å²) in [6, 6.07) is 15.4. The molecule has 0 aromatic heterocycles. The largest absolute Gasteiger partial charge is 0.0985 e. The summed E-state index contributed by atoms with van der Waals surface area (Å²) in [5.74, 6) is 0. The van der Waals surface area contributed by atoms with Crippen molar-refractivity contribution in [3.63, 3.8) is 0 Å². The van der Waals surface area contributed by atoms with Crippen LogP contribution in [0.25, 0.3) is 17.2 Å². The minimum absolute atomic E-state index is 1.11. The molecule has 0 unspecified atom stereocenters. The number of benzene rings is 2. The maximum atomic E-state index is 3.89. The highest BCUT2D eigenvalue weighted by Gasteiger charge is 2.03. The minimum atomic E-state index is 1.11. The molecule has 0 aliphatic heterocycles. The van der Waals surface area contributed by atoms with E-state index in [0.29, 0.717) is 0 Å². The van der Waals surface area contributed by atoms with E-state index in [1.165, 1.54) is 27.8 Å². The fourth-order valence-corrected chi connectivity index (χ4v) is 2.22. The molecule has 0 spiro atoms. The van der Waals surface area contributed by atoms with E-state index in [2.05, 4.69) is 62.9 Å². The van der Waals surface area contributed by atoms with Crippen molar-refractivity contribution in [2.45, 2.75) is 26.7 Å². The lowest BCUT2D eigenvalue weighted by Crippen LogP contribution is -1.90. The van der Waals surface area contributed by atoms with E-state index in [0.717, 1.165) is 12.8 Å². The summed E-state index contributed by atoms with van der Waals surface area (Å²) in [6.45, 7) is 8.22. The van der Waals surface area contributed by atoms with Crippen molar-refractivity contribution in [3.8, 4) is 11.1 Å². The number of hydrogen-bond donors (Lipinski definition) is 0. The fourth-order valence-electron chi connectivity index (χ4n) is 2.22. The van der Waals surface area contributed by atoms with Crippen LogP contribution in [0.2, 0.25) is 0 Å². The standard InChI is InChI=1S/C18H20/c1-4-6-17-13-18(12-11-15(17)5-2)16-9-7-14(3)8-10-16/h5,7-13H,2,4,6H2,1,3H3. The summed E-state index contributed by atoms with van der Waals surface area (Å²) in [7, 11) is 0. The normalized spacial score (nSPS) is 10.3. The van der Waals surface area contributed by atoms with Crippen LogP contribution in [-0.4, -0.2) is 0 Å². The van der Waals surface area contributed by atoms with E-state index >= 15 is 0 Å². The number of aryl methyl sites for hydroxylation is 2. The lowest BCUT2D eigenvalue weighted by atomic mass is 9.96. The molecule has 92 valence electrons. The van der Waals surface area contributed by atoms with Gasteiger partial charge in [-0.15, -0.1) is 0 Å². The Kier molecular flexibility index (Phi) is 3.99. The first kappa shape index (κ1) is 12.6. The van der Waals surface area contributed by atoms with Crippen molar-refractivity contribution < 1.29 is 0 Å². The van der Waals surface area contributed by atoms with E-state index in [1.807, 2.05) is 6.08 Å². The average molecular weight is 236 g/mol. The van der Waals surface area contributed by atoms with Crippen molar-refractivity contribution in [2.75, 3.05) is 0 Å². The summed E-state index contributed by atoms with van der Waals surface area (Å²) in [5.41, 5.74) is 6.53. The minimum Gasteiger partial charge on any atom is -0.0985 e. The van der Waals surface area contributed by atoms with Crippen LogP contribution in [0.5, 0.6) is 0 Å². The van der Waals surface area contributed by atoms with Crippen LogP contribution >= 0.6 is 0 Å². The molecule has 0 nitrogen and oxygen atoms in total. The third-order valence-electron chi connectivity index (χ3n) is 3.27. The Morgan fingerprint density at radius 1 is 1.00 bits per heavy atom. The van der Waals surface area contributed by atoms with Crippen LogP contribution in [0.1, 0.15) is 30.0 Å². The van der Waals surface area contributed by atoms with Gasteiger partial charge in [0.1, 0.15) is 0 Å². The SMILES string of the molecule is C=Cc1ccc(-c2ccc(C)cc2)cc1CCC. The van der Waals surface area contributed by atoms with Gasteiger partial charge in [0.15, 0.2) is 0 Å². The molecule has 0 saturated heterocycles. The third-order valence-corrected chi connectivity index (χ3v) is 3.27. The molecule has 0 atom stereocenters. The molecule has 0 bridgehead atoms. The highest BCUT2D eigenvalue weighted by molar-refractivity contribution is 5.67. The molecule has 18 heavy (non-hydrogen) atoms. The molecule has 0 radical (unpaired) electrons. The van der Waals surface area contributed by atoms with Gasteiger partial charge in [-0.2, -0.15) is 0 Å². The molecule has 0 N–H and O–H groups in total. The van der Waals surface area contributed by atoms with Crippen LogP contribution in [0.4, 0.5) is 0 Å². The van der Waals surface area contributed by atoms with Gasteiger partial charge in [-0.1, -0.05) is 74.0 Å². The third kappa shape index (κ3) is 2.70. The van der Waals surface area contributed by atoms with Gasteiger partial charge in [0.05, 0.1) is 0 Å². The lowest BCUT2D eigenvalue weighted by molar-refractivity contribution is 0.920. The Morgan fingerprint density at radius 2 is 1.67 bits per heavy atom. The zero-order valence-electron chi connectivity index (χ0n) is 11.2. The lowest BCUT2D eigenvalue weighted by Gasteiger charge is -2.09. The summed E-state index contributed by atoms with van der Waals surface area (Å²) >= 11 is 0. The Morgan fingerprint density at radius 3 is 2.28 bits per heavy atom. The number of rotatable bonds is 4. The topological polar surface area (TPSA) is 0 Å². The van der Waals surface area contributed by atoms with Crippen LogP contribution in [0.15, 0.2) is 49.0 Å². The average Bonchev–Trinajstić information content (AvgIpc) is 2.40. The van der Waals surface area contributed by atoms with Gasteiger partial charge in [-0.3, -0.25) is 0 Å². The van der Waals surface area contributed by atoms with Gasteiger partial charge in [-0.25, -0.2) is 0 Å². The molecule has 0 aliphatic rings. The molecule has 0 heterocycles. The quantitative estimate of drug-likeness (QED) is 0.679. The second-order valence-corrected chi connectivity index (χ2v) is 4.73. The molecular formula is C18H20. The highest BCUT2D eigenvalue weighted by atomic mass is 14.1. The maximum absolute atomic E-state index is 3.89. The molecule has 0 amide bonds. The van der Waals surface area contributed by atoms with Crippen molar-refractivity contribution in [3.05, 3.63) is 65.7 Å². The van der Waals surface area contributed by atoms with Gasteiger partial charge >= 0.3 is 0 Å². The Bertz CT molecular complexity index is 532. The Labute approximate surface area is 110 Å². The van der Waals surface area contributed by atoms with Gasteiger partial charge in [0.25, 0.3) is 0 Å². The first-order valence-corrected chi connectivity index (χ1v) is 6.57. The van der Waals surface area contributed by atoms with Crippen molar-refractivity contribution in [1.82, 2.24) is 0 Å². The van der Waals surface area contributed by atoms with Crippen LogP contribution < -0.4 is 0 Å². The summed E-state index contributed by atoms with van der Waals surface area (Å²) < 4.78 is 0. The van der Waals surface area contributed by atoms with Gasteiger partial charge in [0, 0.05) is 0 Å². The van der Waals surface area contributed by atoms with Crippen molar-refractivity contribution >= 4 is 6.08 Å². The molecule has 0 aliphatic carbocycles. The van der Waals surface area contributed by atoms with E-state index in [1.54, 1.807) is 0 Å².